The van der Waals surface area contributed by atoms with Gasteiger partial charge < -0.3 is 14.8 Å². The van der Waals surface area contributed by atoms with Crippen molar-refractivity contribution in [3.8, 4) is 11.5 Å². The van der Waals surface area contributed by atoms with Crippen LogP contribution in [-0.2, 0) is 23.5 Å². The quantitative estimate of drug-likeness (QED) is 0.557. The van der Waals surface area contributed by atoms with Crippen LogP contribution < -0.4 is 5.73 Å². The smallest absolute Gasteiger partial charge is 0.258 e. The van der Waals surface area contributed by atoms with Crippen LogP contribution in [0.1, 0.15) is 31.9 Å². The van der Waals surface area contributed by atoms with Crippen LogP contribution in [-0.4, -0.2) is 30.8 Å². The van der Waals surface area contributed by atoms with Gasteiger partial charge in [0.25, 0.3) is 5.89 Å². The minimum absolute atomic E-state index is 0.260. The normalized spacial score (nSPS) is 11.3. The summed E-state index contributed by atoms with van der Waals surface area (Å²) in [5.41, 5.74) is 6.17. The highest BCUT2D eigenvalue weighted by molar-refractivity contribution is 7.98. The second-order valence-electron chi connectivity index (χ2n) is 6.19. The van der Waals surface area contributed by atoms with E-state index in [2.05, 4.69) is 34.2 Å². The summed E-state index contributed by atoms with van der Waals surface area (Å²) in [7, 11) is 0. The number of thioether (sulfide) groups is 1. The molecular formula is C16H20N6O2S2. The Balaban J connectivity index is 1.69. The Hall–Kier alpha value is -2.20. The lowest BCUT2D eigenvalue weighted by Crippen LogP contribution is -2.15. The molecule has 3 aromatic heterocycles. The fourth-order valence-electron chi connectivity index (χ4n) is 2.34. The van der Waals surface area contributed by atoms with E-state index < -0.39 is 0 Å². The number of nitrogens with zero attached hydrogens (tertiary/aromatic N) is 5. The van der Waals surface area contributed by atoms with Gasteiger partial charge in [-0.3, -0.25) is 4.79 Å². The Bertz CT molecular complexity index is 856. The molecule has 0 aliphatic rings. The van der Waals surface area contributed by atoms with Gasteiger partial charge in [-0.1, -0.05) is 30.8 Å². The Morgan fingerprint density at radius 2 is 2.27 bits per heavy atom. The topological polar surface area (TPSA) is 113 Å². The van der Waals surface area contributed by atoms with Crippen molar-refractivity contribution in [2.24, 2.45) is 11.7 Å². The second kappa shape index (κ2) is 8.45. The Labute approximate surface area is 159 Å². The SMILES string of the molecule is CC(C)Cn1c(CCC(N)=O)nnc1SCc1noc(-c2ccsc2)n1. The van der Waals surface area contributed by atoms with Crippen LogP contribution in [0.25, 0.3) is 11.5 Å². The third kappa shape index (κ3) is 4.70. The van der Waals surface area contributed by atoms with Crippen molar-refractivity contribution in [3.63, 3.8) is 0 Å². The maximum absolute atomic E-state index is 11.1. The summed E-state index contributed by atoms with van der Waals surface area (Å²) in [6.45, 7) is 5.02. The molecule has 0 unspecified atom stereocenters. The number of primary amides is 1. The lowest BCUT2D eigenvalue weighted by atomic mass is 10.2. The molecule has 0 bridgehead atoms. The largest absolute Gasteiger partial charge is 0.370 e. The Morgan fingerprint density at radius 3 is 2.96 bits per heavy atom. The lowest BCUT2D eigenvalue weighted by molar-refractivity contribution is -0.118. The molecule has 2 N–H and O–H groups in total. The predicted octanol–water partition coefficient (Wildman–Crippen LogP) is 2.76. The third-order valence-electron chi connectivity index (χ3n) is 3.50. The molecule has 0 radical (unpaired) electrons. The zero-order valence-corrected chi connectivity index (χ0v) is 16.2. The van der Waals surface area contributed by atoms with Gasteiger partial charge in [-0.15, -0.1) is 10.2 Å². The molecule has 3 heterocycles. The summed E-state index contributed by atoms with van der Waals surface area (Å²) in [6.07, 6.45) is 0.746. The standard InChI is InChI=1S/C16H20N6O2S2/c1-10(2)7-22-14(4-3-12(17)23)19-20-16(22)26-9-13-18-15(24-21-13)11-5-6-25-8-11/h5-6,8,10H,3-4,7,9H2,1-2H3,(H2,17,23). The third-order valence-corrected chi connectivity index (χ3v) is 5.15. The van der Waals surface area contributed by atoms with E-state index in [9.17, 15) is 4.79 Å². The molecule has 0 aromatic carbocycles. The molecule has 8 nitrogen and oxygen atoms in total. The van der Waals surface area contributed by atoms with E-state index in [0.29, 0.717) is 29.8 Å². The number of hydrogen-bond acceptors (Lipinski definition) is 8. The minimum atomic E-state index is -0.342. The van der Waals surface area contributed by atoms with Crippen molar-refractivity contribution in [1.82, 2.24) is 24.9 Å². The van der Waals surface area contributed by atoms with Crippen LogP contribution >= 0.6 is 23.1 Å². The fourth-order valence-corrected chi connectivity index (χ4v) is 3.78. The monoisotopic (exact) mass is 392 g/mol. The molecule has 26 heavy (non-hydrogen) atoms. The number of carbonyl (C=O) groups excluding carboxylic acids is 1. The van der Waals surface area contributed by atoms with Gasteiger partial charge in [0.05, 0.1) is 11.3 Å². The Morgan fingerprint density at radius 1 is 1.42 bits per heavy atom. The van der Waals surface area contributed by atoms with Gasteiger partial charge in [0.1, 0.15) is 5.82 Å². The molecule has 3 aromatic rings. The van der Waals surface area contributed by atoms with Crippen molar-refractivity contribution < 1.29 is 9.32 Å². The van der Waals surface area contributed by atoms with Crippen LogP contribution in [0.3, 0.4) is 0 Å². The molecule has 0 fully saturated rings. The van der Waals surface area contributed by atoms with Gasteiger partial charge in [-0.25, -0.2) is 0 Å². The molecule has 138 valence electrons. The van der Waals surface area contributed by atoms with Gasteiger partial charge in [0, 0.05) is 24.8 Å². The van der Waals surface area contributed by atoms with E-state index in [1.807, 2.05) is 21.4 Å². The van der Waals surface area contributed by atoms with E-state index in [0.717, 1.165) is 23.1 Å². The van der Waals surface area contributed by atoms with Gasteiger partial charge in [0.15, 0.2) is 11.0 Å². The van der Waals surface area contributed by atoms with Crippen LogP contribution in [0.2, 0.25) is 0 Å². The number of carbonyl (C=O) groups is 1. The number of thiophene rings is 1. The fraction of sp³-hybridized carbons (Fsp3) is 0.438. The molecule has 0 saturated heterocycles. The van der Waals surface area contributed by atoms with Crippen molar-refractivity contribution in [3.05, 3.63) is 28.5 Å². The van der Waals surface area contributed by atoms with Crippen LogP contribution in [0.15, 0.2) is 26.5 Å². The first-order chi connectivity index (χ1) is 12.5. The van der Waals surface area contributed by atoms with Crippen molar-refractivity contribution >= 4 is 29.0 Å². The number of hydrogen-bond donors (Lipinski definition) is 1. The molecule has 3 rings (SSSR count). The highest BCUT2D eigenvalue weighted by Gasteiger charge is 2.16. The first-order valence-corrected chi connectivity index (χ1v) is 10.1. The summed E-state index contributed by atoms with van der Waals surface area (Å²) < 4.78 is 7.34. The molecular weight excluding hydrogens is 372 g/mol. The highest BCUT2D eigenvalue weighted by atomic mass is 32.2. The number of rotatable bonds is 9. The maximum atomic E-state index is 11.1. The molecule has 0 atom stereocenters. The molecule has 1 amide bonds. The van der Waals surface area contributed by atoms with Crippen molar-refractivity contribution in [2.45, 2.75) is 44.1 Å². The summed E-state index contributed by atoms with van der Waals surface area (Å²) in [5.74, 6) is 2.51. The van der Waals surface area contributed by atoms with E-state index in [-0.39, 0.29) is 12.3 Å². The first kappa shape index (κ1) is 18.6. The van der Waals surface area contributed by atoms with Gasteiger partial charge in [-0.2, -0.15) is 16.3 Å². The lowest BCUT2D eigenvalue weighted by Gasteiger charge is -2.11. The average Bonchev–Trinajstić information content (AvgIpc) is 3.32. The summed E-state index contributed by atoms with van der Waals surface area (Å²) >= 11 is 3.08. The molecule has 0 aliphatic heterocycles. The van der Waals surface area contributed by atoms with Crippen LogP contribution in [0.5, 0.6) is 0 Å². The summed E-state index contributed by atoms with van der Waals surface area (Å²) in [5, 5.41) is 17.2. The van der Waals surface area contributed by atoms with E-state index >= 15 is 0 Å². The van der Waals surface area contributed by atoms with Gasteiger partial charge in [-0.05, 0) is 17.4 Å². The average molecular weight is 393 g/mol. The molecule has 0 aliphatic carbocycles. The zero-order chi connectivity index (χ0) is 18.5. The summed E-state index contributed by atoms with van der Waals surface area (Å²) in [6, 6.07) is 1.94. The van der Waals surface area contributed by atoms with Gasteiger partial charge in [0.2, 0.25) is 5.91 Å². The highest BCUT2D eigenvalue weighted by Crippen LogP contribution is 2.25. The number of aromatic nitrogens is 5. The van der Waals surface area contributed by atoms with Crippen LogP contribution in [0.4, 0.5) is 0 Å². The van der Waals surface area contributed by atoms with E-state index in [4.69, 9.17) is 10.3 Å². The predicted molar refractivity (Wildman–Crippen MR) is 99.5 cm³/mol. The molecule has 0 spiro atoms. The molecule has 0 saturated carbocycles. The minimum Gasteiger partial charge on any atom is -0.370 e. The Kier molecular flexibility index (Phi) is 6.04. The molecule has 10 heteroatoms. The van der Waals surface area contributed by atoms with Crippen molar-refractivity contribution in [2.75, 3.05) is 0 Å². The van der Waals surface area contributed by atoms with Gasteiger partial charge >= 0.3 is 0 Å². The second-order valence-corrected chi connectivity index (χ2v) is 7.91. The van der Waals surface area contributed by atoms with Crippen molar-refractivity contribution in [1.29, 1.82) is 0 Å². The zero-order valence-electron chi connectivity index (χ0n) is 14.6. The van der Waals surface area contributed by atoms with E-state index in [1.165, 1.54) is 11.8 Å². The number of amides is 1. The maximum Gasteiger partial charge on any atom is 0.258 e. The number of nitrogens with two attached hydrogens (primary N) is 1. The van der Waals surface area contributed by atoms with Crippen LogP contribution in [0, 0.1) is 5.92 Å². The summed E-state index contributed by atoms with van der Waals surface area (Å²) in [4.78, 5) is 15.5. The first-order valence-electron chi connectivity index (χ1n) is 8.21. The number of aryl methyl sites for hydroxylation is 1. The van der Waals surface area contributed by atoms with E-state index in [1.54, 1.807) is 11.3 Å².